The van der Waals surface area contributed by atoms with Crippen molar-refractivity contribution in [2.45, 2.75) is 32.3 Å². The summed E-state index contributed by atoms with van der Waals surface area (Å²) in [4.78, 5) is 25.1. The van der Waals surface area contributed by atoms with Gasteiger partial charge in [-0.05, 0) is 49.6 Å². The molecular formula is C22H26N2O4. The summed E-state index contributed by atoms with van der Waals surface area (Å²) in [5.41, 5.74) is 1.51. The van der Waals surface area contributed by atoms with Crippen LogP contribution >= 0.6 is 0 Å². The van der Waals surface area contributed by atoms with Crippen LogP contribution in [0, 0.1) is 0 Å². The maximum Gasteiger partial charge on any atom is 0.259 e. The molecule has 0 spiro atoms. The zero-order valence-corrected chi connectivity index (χ0v) is 16.1. The predicted octanol–water partition coefficient (Wildman–Crippen LogP) is 3.64. The molecule has 2 aromatic rings. The lowest BCUT2D eigenvalue weighted by Gasteiger charge is -2.13. The molecule has 2 N–H and O–H groups in total. The largest absolute Gasteiger partial charge is 0.493 e. The Morgan fingerprint density at radius 1 is 1.14 bits per heavy atom. The predicted molar refractivity (Wildman–Crippen MR) is 108 cm³/mol. The van der Waals surface area contributed by atoms with Crippen molar-refractivity contribution < 1.29 is 19.1 Å². The maximum absolute atomic E-state index is 12.7. The van der Waals surface area contributed by atoms with E-state index in [9.17, 15) is 9.59 Å². The number of anilines is 1. The summed E-state index contributed by atoms with van der Waals surface area (Å²) in [5.74, 6) is 0.0919. The molecule has 0 saturated carbocycles. The zero-order chi connectivity index (χ0) is 19.8. The second-order valence-corrected chi connectivity index (χ2v) is 6.72. The highest BCUT2D eigenvalue weighted by Gasteiger charge is 2.17. The number of hydrogen-bond donors (Lipinski definition) is 2. The van der Waals surface area contributed by atoms with E-state index in [2.05, 4.69) is 10.6 Å². The zero-order valence-electron chi connectivity index (χ0n) is 16.1. The quantitative estimate of drug-likeness (QED) is 0.731. The number of carbonyl (C=O) groups excluding carboxylic acids is 2. The Kier molecular flexibility index (Phi) is 7.03. The minimum atomic E-state index is -0.274. The lowest BCUT2D eigenvalue weighted by Crippen LogP contribution is -2.31. The number of rotatable bonds is 8. The minimum Gasteiger partial charge on any atom is -0.493 e. The highest BCUT2D eigenvalue weighted by atomic mass is 16.5. The van der Waals surface area contributed by atoms with E-state index in [1.807, 2.05) is 13.0 Å². The topological polar surface area (TPSA) is 76.7 Å². The normalized spacial score (nSPS) is 15.8. The summed E-state index contributed by atoms with van der Waals surface area (Å²) < 4.78 is 11.2. The first-order chi connectivity index (χ1) is 13.7. The van der Waals surface area contributed by atoms with Crippen molar-refractivity contribution in [1.82, 2.24) is 5.32 Å². The Morgan fingerprint density at radius 3 is 2.79 bits per heavy atom. The van der Waals surface area contributed by atoms with Crippen LogP contribution in [-0.4, -0.2) is 37.7 Å². The molecule has 1 atom stereocenters. The van der Waals surface area contributed by atoms with Gasteiger partial charge in [0, 0.05) is 24.4 Å². The molecule has 6 nitrogen and oxygen atoms in total. The molecule has 1 saturated heterocycles. The fourth-order valence-corrected chi connectivity index (χ4v) is 3.04. The van der Waals surface area contributed by atoms with Crippen LogP contribution < -0.4 is 15.4 Å². The lowest BCUT2D eigenvalue weighted by molar-refractivity contribution is 0.0857. The Labute approximate surface area is 165 Å². The van der Waals surface area contributed by atoms with E-state index in [-0.39, 0.29) is 17.9 Å². The molecule has 1 aliphatic rings. The van der Waals surface area contributed by atoms with Crippen LogP contribution in [0.3, 0.4) is 0 Å². The van der Waals surface area contributed by atoms with Gasteiger partial charge in [-0.1, -0.05) is 25.1 Å². The standard InChI is InChI=1S/C22H26N2O4/c1-2-12-28-20-11-4-3-10-19(20)22(26)24-17-8-5-7-16(14-17)21(25)23-15-18-9-6-13-27-18/h3-5,7-8,10-11,14,18H,2,6,9,12-13,15H2,1H3,(H,23,25)(H,24,26). The van der Waals surface area contributed by atoms with Crippen LogP contribution in [0.1, 0.15) is 46.9 Å². The molecule has 1 fully saturated rings. The van der Waals surface area contributed by atoms with Crippen molar-refractivity contribution in [2.75, 3.05) is 25.1 Å². The van der Waals surface area contributed by atoms with E-state index >= 15 is 0 Å². The molecule has 28 heavy (non-hydrogen) atoms. The maximum atomic E-state index is 12.7. The monoisotopic (exact) mass is 382 g/mol. The number of amides is 2. The lowest BCUT2D eigenvalue weighted by atomic mass is 10.1. The first kappa shape index (κ1) is 19.9. The molecule has 3 rings (SSSR count). The van der Waals surface area contributed by atoms with Gasteiger partial charge in [0.15, 0.2) is 0 Å². The highest BCUT2D eigenvalue weighted by molar-refractivity contribution is 6.06. The minimum absolute atomic E-state index is 0.0893. The number of hydrogen-bond acceptors (Lipinski definition) is 4. The average Bonchev–Trinajstić information content (AvgIpc) is 3.24. The number of ether oxygens (including phenoxy) is 2. The molecule has 148 valence electrons. The molecule has 0 radical (unpaired) electrons. The first-order valence-electron chi connectivity index (χ1n) is 9.70. The van der Waals surface area contributed by atoms with Gasteiger partial charge in [-0.25, -0.2) is 0 Å². The fourth-order valence-electron chi connectivity index (χ4n) is 3.04. The van der Waals surface area contributed by atoms with E-state index < -0.39 is 0 Å². The molecule has 0 bridgehead atoms. The number of carbonyl (C=O) groups is 2. The third kappa shape index (κ3) is 5.33. The fraction of sp³-hybridized carbons (Fsp3) is 0.364. The van der Waals surface area contributed by atoms with Crippen LogP contribution in [0.2, 0.25) is 0 Å². The summed E-state index contributed by atoms with van der Waals surface area (Å²) >= 11 is 0. The molecule has 2 amide bonds. The Morgan fingerprint density at radius 2 is 2.00 bits per heavy atom. The molecule has 1 aliphatic heterocycles. The van der Waals surface area contributed by atoms with Gasteiger partial charge in [0.1, 0.15) is 5.75 Å². The van der Waals surface area contributed by atoms with Gasteiger partial charge in [0.2, 0.25) is 0 Å². The highest BCUT2D eigenvalue weighted by Crippen LogP contribution is 2.20. The molecule has 0 aromatic heterocycles. The number of para-hydroxylation sites is 1. The van der Waals surface area contributed by atoms with E-state index in [0.29, 0.717) is 35.7 Å². The second-order valence-electron chi connectivity index (χ2n) is 6.72. The summed E-state index contributed by atoms with van der Waals surface area (Å²) in [6.07, 6.45) is 2.95. The van der Waals surface area contributed by atoms with Crippen molar-refractivity contribution in [2.24, 2.45) is 0 Å². The molecule has 1 unspecified atom stereocenters. The Hall–Kier alpha value is -2.86. The first-order valence-corrected chi connectivity index (χ1v) is 9.70. The van der Waals surface area contributed by atoms with Crippen molar-refractivity contribution in [3.63, 3.8) is 0 Å². The van der Waals surface area contributed by atoms with E-state index in [1.165, 1.54) is 0 Å². The van der Waals surface area contributed by atoms with Crippen LogP contribution in [0.5, 0.6) is 5.75 Å². The van der Waals surface area contributed by atoms with Gasteiger partial charge in [0.25, 0.3) is 11.8 Å². The van der Waals surface area contributed by atoms with E-state index in [0.717, 1.165) is 25.9 Å². The van der Waals surface area contributed by atoms with Crippen LogP contribution in [0.4, 0.5) is 5.69 Å². The van der Waals surface area contributed by atoms with Crippen LogP contribution in [0.25, 0.3) is 0 Å². The van der Waals surface area contributed by atoms with E-state index in [1.54, 1.807) is 42.5 Å². The summed E-state index contributed by atoms with van der Waals surface area (Å²) in [5, 5.41) is 5.73. The third-order valence-electron chi connectivity index (χ3n) is 4.49. The van der Waals surface area contributed by atoms with Gasteiger partial charge in [-0.3, -0.25) is 9.59 Å². The molecule has 0 aliphatic carbocycles. The van der Waals surface area contributed by atoms with Crippen molar-refractivity contribution in [3.8, 4) is 5.75 Å². The van der Waals surface area contributed by atoms with Crippen molar-refractivity contribution in [3.05, 3.63) is 59.7 Å². The summed E-state index contributed by atoms with van der Waals surface area (Å²) in [6.45, 7) is 3.81. The smallest absolute Gasteiger partial charge is 0.259 e. The van der Waals surface area contributed by atoms with Gasteiger partial charge in [-0.15, -0.1) is 0 Å². The number of benzene rings is 2. The molecule has 6 heteroatoms. The molecular weight excluding hydrogens is 356 g/mol. The van der Waals surface area contributed by atoms with E-state index in [4.69, 9.17) is 9.47 Å². The van der Waals surface area contributed by atoms with Crippen molar-refractivity contribution in [1.29, 1.82) is 0 Å². The summed E-state index contributed by atoms with van der Waals surface area (Å²) in [6, 6.07) is 14.0. The SMILES string of the molecule is CCCOc1ccccc1C(=O)Nc1cccc(C(=O)NCC2CCCO2)c1. The van der Waals surface area contributed by atoms with Crippen molar-refractivity contribution >= 4 is 17.5 Å². The summed E-state index contributed by atoms with van der Waals surface area (Å²) in [7, 11) is 0. The number of nitrogens with one attached hydrogen (secondary N) is 2. The third-order valence-corrected chi connectivity index (χ3v) is 4.49. The average molecular weight is 382 g/mol. The Balaban J connectivity index is 1.64. The molecule has 2 aromatic carbocycles. The van der Waals surface area contributed by atoms with Gasteiger partial charge in [0.05, 0.1) is 18.3 Å². The van der Waals surface area contributed by atoms with Gasteiger partial charge < -0.3 is 20.1 Å². The van der Waals surface area contributed by atoms with Gasteiger partial charge >= 0.3 is 0 Å². The Bertz CT molecular complexity index is 816. The van der Waals surface area contributed by atoms with Gasteiger partial charge in [-0.2, -0.15) is 0 Å². The molecule has 1 heterocycles. The second kappa shape index (κ2) is 9.90. The van der Waals surface area contributed by atoms with Crippen LogP contribution in [-0.2, 0) is 4.74 Å². The van der Waals surface area contributed by atoms with Crippen LogP contribution in [0.15, 0.2) is 48.5 Å².